The summed E-state index contributed by atoms with van der Waals surface area (Å²) in [4.78, 5) is 27.0. The Balaban J connectivity index is 1.82. The van der Waals surface area contributed by atoms with Crippen LogP contribution in [0.4, 0.5) is 0 Å². The number of carboxylic acid groups (broad SMARTS) is 1. The van der Waals surface area contributed by atoms with E-state index in [2.05, 4.69) is 10.3 Å². The number of aromatic nitrogens is 1. The molecular formula is C18H15ClN2O3. The molecule has 1 amide bonds. The molecule has 3 N–H and O–H groups in total. The smallest absolute Gasteiger partial charge is 0.326 e. The number of nitrogens with one attached hydrogen (secondary N) is 2. The van der Waals surface area contributed by atoms with Crippen LogP contribution in [0.1, 0.15) is 15.9 Å². The summed E-state index contributed by atoms with van der Waals surface area (Å²) >= 11 is 5.99. The summed E-state index contributed by atoms with van der Waals surface area (Å²) in [5.41, 5.74) is 2.01. The number of fused-ring (bicyclic) bond motifs is 1. The highest BCUT2D eigenvalue weighted by Crippen LogP contribution is 2.20. The number of aromatic amines is 1. The van der Waals surface area contributed by atoms with Crippen LogP contribution < -0.4 is 5.32 Å². The Labute approximate surface area is 143 Å². The minimum atomic E-state index is -1.10. The predicted octanol–water partition coefficient (Wildman–Crippen LogP) is 3.25. The van der Waals surface area contributed by atoms with E-state index < -0.39 is 17.9 Å². The van der Waals surface area contributed by atoms with Crippen molar-refractivity contribution in [1.29, 1.82) is 0 Å². The fraction of sp³-hybridized carbons (Fsp3) is 0.111. The molecule has 0 aliphatic heterocycles. The van der Waals surface area contributed by atoms with Crippen molar-refractivity contribution in [2.24, 2.45) is 0 Å². The first-order valence-corrected chi connectivity index (χ1v) is 7.77. The van der Waals surface area contributed by atoms with E-state index in [-0.39, 0.29) is 17.0 Å². The Morgan fingerprint density at radius 1 is 1.12 bits per heavy atom. The van der Waals surface area contributed by atoms with Crippen molar-refractivity contribution in [2.75, 3.05) is 0 Å². The molecule has 0 unspecified atom stereocenters. The Hall–Kier alpha value is -2.79. The summed E-state index contributed by atoms with van der Waals surface area (Å²) in [5, 5.41) is 13.2. The van der Waals surface area contributed by atoms with Crippen molar-refractivity contribution < 1.29 is 14.7 Å². The van der Waals surface area contributed by atoms with Crippen molar-refractivity contribution in [2.45, 2.75) is 12.5 Å². The van der Waals surface area contributed by atoms with Crippen molar-refractivity contribution in [1.82, 2.24) is 10.3 Å². The van der Waals surface area contributed by atoms with Crippen molar-refractivity contribution in [3.05, 3.63) is 70.9 Å². The Morgan fingerprint density at radius 2 is 1.83 bits per heavy atom. The second-order valence-corrected chi connectivity index (χ2v) is 5.81. The molecule has 3 rings (SSSR count). The molecule has 0 aliphatic rings. The highest BCUT2D eigenvalue weighted by Gasteiger charge is 2.23. The Bertz CT molecular complexity index is 904. The number of benzene rings is 2. The normalized spacial score (nSPS) is 12.0. The van der Waals surface area contributed by atoms with Crippen LogP contribution in [-0.4, -0.2) is 28.0 Å². The first kappa shape index (κ1) is 16.1. The molecule has 1 aromatic heterocycles. The number of amides is 1. The molecule has 0 spiro atoms. The van der Waals surface area contributed by atoms with Gasteiger partial charge in [-0.15, -0.1) is 0 Å². The van der Waals surface area contributed by atoms with Gasteiger partial charge in [0.1, 0.15) is 6.04 Å². The predicted molar refractivity (Wildman–Crippen MR) is 92.3 cm³/mol. The maximum atomic E-state index is 12.3. The van der Waals surface area contributed by atoms with E-state index in [1.807, 2.05) is 24.3 Å². The minimum absolute atomic E-state index is 0.176. The van der Waals surface area contributed by atoms with E-state index in [1.165, 1.54) is 0 Å². The van der Waals surface area contributed by atoms with Crippen molar-refractivity contribution >= 4 is 34.4 Å². The average molecular weight is 343 g/mol. The molecule has 0 fully saturated rings. The second kappa shape index (κ2) is 6.76. The third-order valence-electron chi connectivity index (χ3n) is 3.82. The molecule has 0 saturated carbocycles. The number of para-hydroxylation sites is 1. The van der Waals surface area contributed by atoms with Gasteiger partial charge >= 0.3 is 5.97 Å². The quantitative estimate of drug-likeness (QED) is 0.665. The number of carbonyl (C=O) groups excluding carboxylic acids is 1. The summed E-state index contributed by atoms with van der Waals surface area (Å²) in [5.74, 6) is -1.60. The van der Waals surface area contributed by atoms with Gasteiger partial charge in [0.2, 0.25) is 0 Å². The topological polar surface area (TPSA) is 82.2 Å². The van der Waals surface area contributed by atoms with Crippen LogP contribution in [0.5, 0.6) is 0 Å². The molecule has 0 bridgehead atoms. The lowest BCUT2D eigenvalue weighted by atomic mass is 10.0. The Morgan fingerprint density at radius 3 is 2.58 bits per heavy atom. The monoisotopic (exact) mass is 342 g/mol. The number of halogens is 1. The zero-order valence-corrected chi connectivity index (χ0v) is 13.4. The number of carboxylic acids is 1. The number of hydrogen-bond donors (Lipinski definition) is 3. The number of rotatable bonds is 5. The van der Waals surface area contributed by atoms with Crippen LogP contribution >= 0.6 is 11.6 Å². The zero-order valence-electron chi connectivity index (χ0n) is 12.6. The molecular weight excluding hydrogens is 328 g/mol. The molecule has 6 heteroatoms. The third kappa shape index (κ3) is 3.26. The van der Waals surface area contributed by atoms with E-state index in [0.717, 1.165) is 16.5 Å². The van der Waals surface area contributed by atoms with Gasteiger partial charge in [-0.25, -0.2) is 4.79 Å². The third-order valence-corrected chi connectivity index (χ3v) is 4.15. The van der Waals surface area contributed by atoms with Crippen LogP contribution in [-0.2, 0) is 11.2 Å². The molecule has 1 heterocycles. The van der Waals surface area contributed by atoms with Crippen LogP contribution in [0.25, 0.3) is 10.9 Å². The van der Waals surface area contributed by atoms with Gasteiger partial charge in [-0.3, -0.25) is 4.79 Å². The van der Waals surface area contributed by atoms with E-state index in [0.29, 0.717) is 0 Å². The number of H-pyrrole nitrogens is 1. The largest absolute Gasteiger partial charge is 0.480 e. The minimum Gasteiger partial charge on any atom is -0.480 e. The van der Waals surface area contributed by atoms with Gasteiger partial charge < -0.3 is 15.4 Å². The van der Waals surface area contributed by atoms with Crippen LogP contribution in [0.2, 0.25) is 5.02 Å². The summed E-state index contributed by atoms with van der Waals surface area (Å²) < 4.78 is 0. The molecule has 1 atom stereocenters. The molecule has 5 nitrogen and oxygen atoms in total. The fourth-order valence-corrected chi connectivity index (χ4v) is 2.82. The lowest BCUT2D eigenvalue weighted by Gasteiger charge is -2.15. The van der Waals surface area contributed by atoms with Gasteiger partial charge in [0.25, 0.3) is 5.91 Å². The molecule has 0 saturated heterocycles. The van der Waals surface area contributed by atoms with E-state index in [9.17, 15) is 14.7 Å². The van der Waals surface area contributed by atoms with Crippen molar-refractivity contribution in [3.8, 4) is 0 Å². The molecule has 24 heavy (non-hydrogen) atoms. The lowest BCUT2D eigenvalue weighted by Crippen LogP contribution is -2.42. The lowest BCUT2D eigenvalue weighted by molar-refractivity contribution is -0.139. The van der Waals surface area contributed by atoms with Gasteiger partial charge in [-0.05, 0) is 23.8 Å². The van der Waals surface area contributed by atoms with Crippen LogP contribution in [0, 0.1) is 0 Å². The summed E-state index contributed by atoms with van der Waals surface area (Å²) in [7, 11) is 0. The standard InChI is InChI=1S/C18H15ClN2O3/c19-14-7-3-1-6-13(14)17(22)21-16(18(23)24)9-11-10-20-15-8-4-2-5-12(11)15/h1-8,10,16,20H,9H2,(H,21,22)(H,23,24)/t16-/m1/s1. The maximum absolute atomic E-state index is 12.3. The first-order chi connectivity index (χ1) is 11.6. The molecule has 0 radical (unpaired) electrons. The first-order valence-electron chi connectivity index (χ1n) is 7.39. The second-order valence-electron chi connectivity index (χ2n) is 5.41. The number of hydrogen-bond acceptors (Lipinski definition) is 2. The molecule has 122 valence electrons. The van der Waals surface area contributed by atoms with E-state index >= 15 is 0 Å². The van der Waals surface area contributed by atoms with Crippen LogP contribution in [0.15, 0.2) is 54.7 Å². The van der Waals surface area contributed by atoms with Gasteiger partial charge in [-0.2, -0.15) is 0 Å². The van der Waals surface area contributed by atoms with Gasteiger partial charge in [-0.1, -0.05) is 41.9 Å². The highest BCUT2D eigenvalue weighted by molar-refractivity contribution is 6.33. The number of aliphatic carboxylic acids is 1. The van der Waals surface area contributed by atoms with Crippen LogP contribution in [0.3, 0.4) is 0 Å². The van der Waals surface area contributed by atoms with Gasteiger partial charge in [0.15, 0.2) is 0 Å². The highest BCUT2D eigenvalue weighted by atomic mass is 35.5. The van der Waals surface area contributed by atoms with Gasteiger partial charge in [0.05, 0.1) is 10.6 Å². The number of carbonyl (C=O) groups is 2. The van der Waals surface area contributed by atoms with Crippen molar-refractivity contribution in [3.63, 3.8) is 0 Å². The summed E-state index contributed by atoms with van der Waals surface area (Å²) in [6.45, 7) is 0. The summed E-state index contributed by atoms with van der Waals surface area (Å²) in [6, 6.07) is 13.1. The van der Waals surface area contributed by atoms with E-state index in [1.54, 1.807) is 30.5 Å². The van der Waals surface area contributed by atoms with E-state index in [4.69, 9.17) is 11.6 Å². The average Bonchev–Trinajstić information content (AvgIpc) is 2.97. The molecule has 0 aliphatic carbocycles. The fourth-order valence-electron chi connectivity index (χ4n) is 2.60. The summed E-state index contributed by atoms with van der Waals surface area (Å²) in [6.07, 6.45) is 1.94. The van der Waals surface area contributed by atoms with Gasteiger partial charge in [0, 0.05) is 23.5 Å². The Kier molecular flexibility index (Phi) is 4.53. The SMILES string of the molecule is O=C(N[C@H](Cc1c[nH]c2ccccc12)C(=O)O)c1ccccc1Cl. The maximum Gasteiger partial charge on any atom is 0.326 e. The zero-order chi connectivity index (χ0) is 17.1. The molecule has 3 aromatic rings. The molecule has 2 aromatic carbocycles.